The van der Waals surface area contributed by atoms with Crippen LogP contribution in [0.15, 0.2) is 30.5 Å². The van der Waals surface area contributed by atoms with Crippen molar-refractivity contribution in [3.63, 3.8) is 0 Å². The van der Waals surface area contributed by atoms with Crippen LogP contribution in [0.25, 0.3) is 10.9 Å². The number of nitrogens with zero attached hydrogens (tertiary/aromatic N) is 1. The van der Waals surface area contributed by atoms with E-state index >= 15 is 0 Å². The molecule has 98 valence electrons. The Kier molecular flexibility index (Phi) is 4.65. The van der Waals surface area contributed by atoms with E-state index in [1.54, 1.807) is 0 Å². The first-order valence-electron chi connectivity index (χ1n) is 6.78. The Bertz CT molecular complexity index is 490. The van der Waals surface area contributed by atoms with Gasteiger partial charge in [0.2, 0.25) is 0 Å². The minimum Gasteiger partial charge on any atom is -0.493 e. The molecule has 2 aromatic rings. The Morgan fingerprint density at radius 2 is 2.06 bits per heavy atom. The van der Waals surface area contributed by atoms with Gasteiger partial charge < -0.3 is 14.6 Å². The lowest BCUT2D eigenvalue weighted by Gasteiger charge is -2.08. The van der Waals surface area contributed by atoms with Crippen molar-refractivity contribution >= 4 is 10.9 Å². The first-order chi connectivity index (χ1) is 8.86. The third-order valence-electron chi connectivity index (χ3n) is 3.03. The Morgan fingerprint density at radius 1 is 1.17 bits per heavy atom. The van der Waals surface area contributed by atoms with Crippen molar-refractivity contribution in [1.29, 1.82) is 0 Å². The van der Waals surface area contributed by atoms with Gasteiger partial charge in [0.05, 0.1) is 12.1 Å². The summed E-state index contributed by atoms with van der Waals surface area (Å²) in [7, 11) is 0. The van der Waals surface area contributed by atoms with E-state index in [0.717, 1.165) is 25.4 Å². The molecule has 0 spiro atoms. The van der Waals surface area contributed by atoms with Crippen molar-refractivity contribution in [3.8, 4) is 5.75 Å². The molecular weight excluding hydrogens is 224 g/mol. The second-order valence-electron chi connectivity index (χ2n) is 4.38. The number of rotatable bonds is 7. The number of nitrogens with one attached hydrogen (secondary N) is 1. The van der Waals surface area contributed by atoms with Crippen molar-refractivity contribution in [2.45, 2.75) is 26.8 Å². The fourth-order valence-electron chi connectivity index (χ4n) is 2.17. The first-order valence-corrected chi connectivity index (χ1v) is 6.78. The number of benzene rings is 1. The van der Waals surface area contributed by atoms with E-state index in [-0.39, 0.29) is 0 Å². The molecule has 1 aromatic heterocycles. The smallest absolute Gasteiger partial charge is 0.128 e. The number of fused-ring (bicyclic) bond motifs is 1. The van der Waals surface area contributed by atoms with Crippen LogP contribution in [0.4, 0.5) is 0 Å². The van der Waals surface area contributed by atoms with Crippen LogP contribution in [0.1, 0.15) is 20.3 Å². The standard InChI is InChI=1S/C15H22N2O/c1-3-9-16-10-12-17-11-8-13-14(17)6-5-7-15(13)18-4-2/h5-8,11,16H,3-4,9-10,12H2,1-2H3. The highest BCUT2D eigenvalue weighted by Gasteiger charge is 2.05. The third-order valence-corrected chi connectivity index (χ3v) is 3.03. The van der Waals surface area contributed by atoms with E-state index in [4.69, 9.17) is 4.74 Å². The second-order valence-corrected chi connectivity index (χ2v) is 4.38. The molecular formula is C15H22N2O. The van der Waals surface area contributed by atoms with Crippen molar-refractivity contribution in [1.82, 2.24) is 9.88 Å². The maximum atomic E-state index is 5.65. The second kappa shape index (κ2) is 6.45. The molecule has 2 rings (SSSR count). The summed E-state index contributed by atoms with van der Waals surface area (Å²) in [5.74, 6) is 0.982. The molecule has 0 fully saturated rings. The average Bonchev–Trinajstić information content (AvgIpc) is 2.80. The molecule has 0 aliphatic rings. The Labute approximate surface area is 109 Å². The monoisotopic (exact) mass is 246 g/mol. The van der Waals surface area contributed by atoms with Crippen LogP contribution in [0, 0.1) is 0 Å². The zero-order valence-corrected chi connectivity index (χ0v) is 11.3. The predicted octanol–water partition coefficient (Wildman–Crippen LogP) is 3.04. The number of hydrogen-bond acceptors (Lipinski definition) is 2. The van der Waals surface area contributed by atoms with Crippen LogP contribution in [0.2, 0.25) is 0 Å². The van der Waals surface area contributed by atoms with Crippen molar-refractivity contribution in [2.24, 2.45) is 0 Å². The van der Waals surface area contributed by atoms with Crippen molar-refractivity contribution in [3.05, 3.63) is 30.5 Å². The largest absolute Gasteiger partial charge is 0.493 e. The van der Waals surface area contributed by atoms with Gasteiger partial charge in [-0.3, -0.25) is 0 Å². The molecule has 0 saturated heterocycles. The van der Waals surface area contributed by atoms with Gasteiger partial charge in [0.1, 0.15) is 5.75 Å². The van der Waals surface area contributed by atoms with Crippen LogP contribution in [0.3, 0.4) is 0 Å². The molecule has 1 aromatic carbocycles. The number of ether oxygens (including phenoxy) is 1. The zero-order chi connectivity index (χ0) is 12.8. The third kappa shape index (κ3) is 2.85. The first kappa shape index (κ1) is 13.0. The van der Waals surface area contributed by atoms with E-state index < -0.39 is 0 Å². The fraction of sp³-hybridized carbons (Fsp3) is 0.467. The summed E-state index contributed by atoms with van der Waals surface area (Å²) in [6, 6.07) is 8.38. The molecule has 0 radical (unpaired) electrons. The van der Waals surface area contributed by atoms with E-state index in [2.05, 4.69) is 41.2 Å². The summed E-state index contributed by atoms with van der Waals surface area (Å²) in [4.78, 5) is 0. The van der Waals surface area contributed by atoms with Gasteiger partial charge in [0.25, 0.3) is 0 Å². The predicted molar refractivity (Wildman–Crippen MR) is 76.3 cm³/mol. The Hall–Kier alpha value is -1.48. The highest BCUT2D eigenvalue weighted by atomic mass is 16.5. The lowest BCUT2D eigenvalue weighted by Crippen LogP contribution is -2.20. The number of hydrogen-bond donors (Lipinski definition) is 1. The molecule has 3 nitrogen and oxygen atoms in total. The highest BCUT2D eigenvalue weighted by Crippen LogP contribution is 2.26. The quantitative estimate of drug-likeness (QED) is 0.760. The Balaban J connectivity index is 2.12. The summed E-state index contributed by atoms with van der Waals surface area (Å²) in [5.41, 5.74) is 1.25. The molecule has 0 aliphatic heterocycles. The van der Waals surface area contributed by atoms with Crippen molar-refractivity contribution in [2.75, 3.05) is 19.7 Å². The van der Waals surface area contributed by atoms with Crippen LogP contribution in [-0.2, 0) is 6.54 Å². The molecule has 0 bridgehead atoms. The fourth-order valence-corrected chi connectivity index (χ4v) is 2.17. The van der Waals surface area contributed by atoms with Gasteiger partial charge >= 0.3 is 0 Å². The van der Waals surface area contributed by atoms with Gasteiger partial charge in [-0.05, 0) is 38.1 Å². The minimum atomic E-state index is 0.711. The summed E-state index contributed by atoms with van der Waals surface area (Å²) < 4.78 is 7.92. The van der Waals surface area contributed by atoms with Crippen LogP contribution >= 0.6 is 0 Å². The summed E-state index contributed by atoms with van der Waals surface area (Å²) >= 11 is 0. The van der Waals surface area contributed by atoms with E-state index in [0.29, 0.717) is 6.61 Å². The maximum absolute atomic E-state index is 5.65. The van der Waals surface area contributed by atoms with Gasteiger partial charge in [-0.1, -0.05) is 13.0 Å². The van der Waals surface area contributed by atoms with Gasteiger partial charge in [0.15, 0.2) is 0 Å². The van der Waals surface area contributed by atoms with Gasteiger partial charge in [-0.15, -0.1) is 0 Å². The molecule has 0 atom stereocenters. The SMILES string of the molecule is CCCNCCn1ccc2c(OCC)cccc21. The lowest BCUT2D eigenvalue weighted by atomic mass is 10.2. The lowest BCUT2D eigenvalue weighted by molar-refractivity contribution is 0.344. The molecule has 0 saturated carbocycles. The van der Waals surface area contributed by atoms with Gasteiger partial charge in [-0.2, -0.15) is 0 Å². The van der Waals surface area contributed by atoms with E-state index in [1.165, 1.54) is 17.3 Å². The molecule has 0 aliphatic carbocycles. The molecule has 0 amide bonds. The Morgan fingerprint density at radius 3 is 2.83 bits per heavy atom. The van der Waals surface area contributed by atoms with Crippen molar-refractivity contribution < 1.29 is 4.74 Å². The minimum absolute atomic E-state index is 0.711. The highest BCUT2D eigenvalue weighted by molar-refractivity contribution is 5.86. The van der Waals surface area contributed by atoms with E-state index in [1.807, 2.05) is 13.0 Å². The summed E-state index contributed by atoms with van der Waals surface area (Å²) in [5, 5.41) is 4.63. The molecule has 1 heterocycles. The normalized spacial score (nSPS) is 11.0. The zero-order valence-electron chi connectivity index (χ0n) is 11.3. The summed E-state index contributed by atoms with van der Waals surface area (Å²) in [6.45, 7) is 8.01. The average molecular weight is 246 g/mol. The molecule has 18 heavy (non-hydrogen) atoms. The van der Waals surface area contributed by atoms with Crippen LogP contribution < -0.4 is 10.1 Å². The van der Waals surface area contributed by atoms with E-state index in [9.17, 15) is 0 Å². The molecule has 3 heteroatoms. The van der Waals surface area contributed by atoms with Gasteiger partial charge in [0, 0.05) is 24.7 Å². The van der Waals surface area contributed by atoms with Crippen LogP contribution in [-0.4, -0.2) is 24.3 Å². The topological polar surface area (TPSA) is 26.2 Å². The molecule has 0 unspecified atom stereocenters. The maximum Gasteiger partial charge on any atom is 0.128 e. The van der Waals surface area contributed by atoms with Gasteiger partial charge in [-0.25, -0.2) is 0 Å². The molecule has 1 N–H and O–H groups in total. The number of aromatic nitrogens is 1. The van der Waals surface area contributed by atoms with Crippen LogP contribution in [0.5, 0.6) is 5.75 Å². The summed E-state index contributed by atoms with van der Waals surface area (Å²) in [6.07, 6.45) is 3.32.